The highest BCUT2D eigenvalue weighted by atomic mass is 16.2. The van der Waals surface area contributed by atoms with Crippen LogP contribution in [0.4, 0.5) is 5.69 Å². The molecule has 21 heavy (non-hydrogen) atoms. The molecule has 0 aromatic heterocycles. The summed E-state index contributed by atoms with van der Waals surface area (Å²) >= 11 is 0. The van der Waals surface area contributed by atoms with Gasteiger partial charge in [-0.05, 0) is 30.5 Å². The van der Waals surface area contributed by atoms with Gasteiger partial charge in [-0.15, -0.1) is 0 Å². The third-order valence-corrected chi connectivity index (χ3v) is 3.97. The summed E-state index contributed by atoms with van der Waals surface area (Å²) in [7, 11) is 0. The quantitative estimate of drug-likeness (QED) is 0.778. The first kappa shape index (κ1) is 13.6. The molecule has 1 aromatic carbocycles. The van der Waals surface area contributed by atoms with E-state index in [0.717, 1.165) is 18.7 Å². The number of hydrogen-bond donors (Lipinski definition) is 2. The van der Waals surface area contributed by atoms with Gasteiger partial charge >= 0.3 is 0 Å². The Bertz CT molecular complexity index is 627. The molecule has 1 fully saturated rings. The predicted molar refractivity (Wildman–Crippen MR) is 76.9 cm³/mol. The molecule has 1 aromatic rings. The Morgan fingerprint density at radius 1 is 1.38 bits per heavy atom. The highest BCUT2D eigenvalue weighted by Crippen LogP contribution is 2.24. The van der Waals surface area contributed by atoms with Crippen LogP contribution >= 0.6 is 0 Å². The molecule has 0 spiro atoms. The Morgan fingerprint density at radius 3 is 2.95 bits per heavy atom. The number of nitrogens with one attached hydrogen (secondary N) is 2. The van der Waals surface area contributed by atoms with Gasteiger partial charge < -0.3 is 10.2 Å². The fraction of sp³-hybridized carbons (Fsp3) is 0.400. The standard InChI is InChI=1S/C15H17N3O3/c1-2-12-14(20)17-13(19)8-18(12)15(21)10-4-3-9-5-6-16-11(9)7-10/h3-4,7,12,16H,2,5-6,8H2,1H3,(H,17,19,20). The molecular formula is C15H17N3O3. The van der Waals surface area contributed by atoms with Crippen LogP contribution in [0.2, 0.25) is 0 Å². The van der Waals surface area contributed by atoms with Crippen molar-refractivity contribution < 1.29 is 14.4 Å². The SMILES string of the molecule is CCC1C(=O)NC(=O)CN1C(=O)c1ccc2c(c1)NCC2. The molecule has 2 heterocycles. The number of rotatable bonds is 2. The van der Waals surface area contributed by atoms with E-state index in [1.54, 1.807) is 12.1 Å². The molecular weight excluding hydrogens is 270 g/mol. The number of fused-ring (bicyclic) bond motifs is 1. The van der Waals surface area contributed by atoms with Crippen LogP contribution in [0.5, 0.6) is 0 Å². The number of imide groups is 1. The molecule has 2 aliphatic heterocycles. The van der Waals surface area contributed by atoms with Gasteiger partial charge in [0.1, 0.15) is 12.6 Å². The van der Waals surface area contributed by atoms with Crippen molar-refractivity contribution in [1.82, 2.24) is 10.2 Å². The van der Waals surface area contributed by atoms with Crippen LogP contribution in [-0.4, -0.2) is 41.8 Å². The summed E-state index contributed by atoms with van der Waals surface area (Å²) in [6.45, 7) is 2.62. The van der Waals surface area contributed by atoms with Crippen molar-refractivity contribution in [3.8, 4) is 0 Å². The van der Waals surface area contributed by atoms with Gasteiger partial charge in [-0.2, -0.15) is 0 Å². The first-order chi connectivity index (χ1) is 10.1. The number of amides is 3. The molecule has 6 nitrogen and oxygen atoms in total. The minimum Gasteiger partial charge on any atom is -0.384 e. The number of benzene rings is 1. The maximum absolute atomic E-state index is 12.6. The van der Waals surface area contributed by atoms with Crippen LogP contribution in [0, 0.1) is 0 Å². The van der Waals surface area contributed by atoms with E-state index in [-0.39, 0.29) is 12.5 Å². The number of anilines is 1. The highest BCUT2D eigenvalue weighted by Gasteiger charge is 2.36. The number of nitrogens with zero attached hydrogens (tertiary/aromatic N) is 1. The molecule has 1 atom stereocenters. The van der Waals surface area contributed by atoms with E-state index in [1.165, 1.54) is 10.5 Å². The minimum atomic E-state index is -0.587. The molecule has 6 heteroatoms. The monoisotopic (exact) mass is 287 g/mol. The molecule has 1 saturated heterocycles. The lowest BCUT2D eigenvalue weighted by Crippen LogP contribution is -2.59. The third-order valence-electron chi connectivity index (χ3n) is 3.97. The van der Waals surface area contributed by atoms with Gasteiger partial charge in [0, 0.05) is 17.8 Å². The van der Waals surface area contributed by atoms with Gasteiger partial charge in [-0.3, -0.25) is 19.7 Å². The smallest absolute Gasteiger partial charge is 0.255 e. The van der Waals surface area contributed by atoms with Crippen LogP contribution in [0.15, 0.2) is 18.2 Å². The molecule has 110 valence electrons. The summed E-state index contributed by atoms with van der Waals surface area (Å²) in [5.74, 6) is -1.11. The summed E-state index contributed by atoms with van der Waals surface area (Å²) in [4.78, 5) is 37.3. The lowest BCUT2D eigenvalue weighted by atomic mass is 10.0. The zero-order chi connectivity index (χ0) is 15.0. The van der Waals surface area contributed by atoms with Crippen molar-refractivity contribution in [3.63, 3.8) is 0 Å². The number of carbonyl (C=O) groups excluding carboxylic acids is 3. The molecule has 0 radical (unpaired) electrons. The third kappa shape index (κ3) is 2.37. The summed E-state index contributed by atoms with van der Waals surface area (Å²) in [6, 6.07) is 4.90. The first-order valence-corrected chi connectivity index (χ1v) is 7.11. The average molecular weight is 287 g/mol. The Kier molecular flexibility index (Phi) is 3.37. The molecule has 0 bridgehead atoms. The van der Waals surface area contributed by atoms with Crippen molar-refractivity contribution in [2.24, 2.45) is 0 Å². The van der Waals surface area contributed by atoms with E-state index in [1.807, 2.05) is 13.0 Å². The van der Waals surface area contributed by atoms with Crippen molar-refractivity contribution in [3.05, 3.63) is 29.3 Å². The lowest BCUT2D eigenvalue weighted by molar-refractivity contribution is -0.138. The summed E-state index contributed by atoms with van der Waals surface area (Å²) in [6.07, 6.45) is 1.43. The van der Waals surface area contributed by atoms with E-state index in [0.29, 0.717) is 12.0 Å². The molecule has 3 amide bonds. The molecule has 3 rings (SSSR count). The summed E-state index contributed by atoms with van der Waals surface area (Å²) in [5, 5.41) is 5.50. The summed E-state index contributed by atoms with van der Waals surface area (Å²) < 4.78 is 0. The van der Waals surface area contributed by atoms with E-state index >= 15 is 0 Å². The number of carbonyl (C=O) groups is 3. The van der Waals surface area contributed by atoms with Crippen LogP contribution < -0.4 is 10.6 Å². The van der Waals surface area contributed by atoms with Gasteiger partial charge in [-0.1, -0.05) is 13.0 Å². The molecule has 0 aliphatic carbocycles. The van der Waals surface area contributed by atoms with Crippen LogP contribution in [0.1, 0.15) is 29.3 Å². The van der Waals surface area contributed by atoms with Crippen molar-refractivity contribution in [1.29, 1.82) is 0 Å². The fourth-order valence-electron chi connectivity index (χ4n) is 2.88. The van der Waals surface area contributed by atoms with Gasteiger partial charge in [0.15, 0.2) is 0 Å². The van der Waals surface area contributed by atoms with Crippen molar-refractivity contribution >= 4 is 23.4 Å². The normalized spacial score (nSPS) is 20.8. The predicted octanol–water partition coefficient (Wildman–Crippen LogP) is 0.532. The second-order valence-electron chi connectivity index (χ2n) is 5.32. The average Bonchev–Trinajstić information content (AvgIpc) is 2.93. The van der Waals surface area contributed by atoms with Crippen molar-refractivity contribution in [2.75, 3.05) is 18.4 Å². The van der Waals surface area contributed by atoms with Crippen LogP contribution in [-0.2, 0) is 16.0 Å². The maximum atomic E-state index is 12.6. The number of hydrogen-bond acceptors (Lipinski definition) is 4. The van der Waals surface area contributed by atoms with E-state index in [2.05, 4.69) is 10.6 Å². The van der Waals surface area contributed by atoms with Crippen LogP contribution in [0.25, 0.3) is 0 Å². The Labute approximate surface area is 122 Å². The Morgan fingerprint density at radius 2 is 2.19 bits per heavy atom. The van der Waals surface area contributed by atoms with Gasteiger partial charge in [-0.25, -0.2) is 0 Å². The fourth-order valence-corrected chi connectivity index (χ4v) is 2.88. The van der Waals surface area contributed by atoms with Gasteiger partial charge in [0.2, 0.25) is 11.8 Å². The van der Waals surface area contributed by atoms with E-state index < -0.39 is 17.9 Å². The molecule has 2 aliphatic rings. The largest absolute Gasteiger partial charge is 0.384 e. The zero-order valence-electron chi connectivity index (χ0n) is 11.8. The first-order valence-electron chi connectivity index (χ1n) is 7.11. The van der Waals surface area contributed by atoms with Crippen molar-refractivity contribution in [2.45, 2.75) is 25.8 Å². The van der Waals surface area contributed by atoms with E-state index in [4.69, 9.17) is 0 Å². The van der Waals surface area contributed by atoms with Gasteiger partial charge in [0.05, 0.1) is 0 Å². The van der Waals surface area contributed by atoms with Gasteiger partial charge in [0.25, 0.3) is 5.91 Å². The zero-order valence-corrected chi connectivity index (χ0v) is 11.8. The topological polar surface area (TPSA) is 78.5 Å². The maximum Gasteiger partial charge on any atom is 0.255 e. The number of piperazine rings is 1. The second-order valence-corrected chi connectivity index (χ2v) is 5.32. The molecule has 2 N–H and O–H groups in total. The molecule has 0 saturated carbocycles. The van der Waals surface area contributed by atoms with Crippen LogP contribution in [0.3, 0.4) is 0 Å². The Balaban J connectivity index is 1.89. The minimum absolute atomic E-state index is 0.0758. The molecule has 1 unspecified atom stereocenters. The van der Waals surface area contributed by atoms with E-state index in [9.17, 15) is 14.4 Å². The highest BCUT2D eigenvalue weighted by molar-refractivity contribution is 6.07. The lowest BCUT2D eigenvalue weighted by Gasteiger charge is -2.33. The Hall–Kier alpha value is -2.37. The second kappa shape index (κ2) is 5.20. The summed E-state index contributed by atoms with van der Waals surface area (Å²) in [5.41, 5.74) is 2.65.